The van der Waals surface area contributed by atoms with Gasteiger partial charge in [0.05, 0.1) is 23.6 Å². The van der Waals surface area contributed by atoms with E-state index in [4.69, 9.17) is 0 Å². The molecule has 0 bridgehead atoms. The number of rotatable bonds is 6. The predicted molar refractivity (Wildman–Crippen MR) is 106 cm³/mol. The highest BCUT2D eigenvalue weighted by atomic mass is 32.2. The minimum Gasteiger partial charge on any atom is -0.343 e. The number of sulfone groups is 1. The maximum Gasteiger partial charge on any atom is 0.255 e. The van der Waals surface area contributed by atoms with Gasteiger partial charge in [-0.05, 0) is 44.2 Å². The van der Waals surface area contributed by atoms with Crippen molar-refractivity contribution in [1.29, 1.82) is 0 Å². The molecule has 0 spiro atoms. The van der Waals surface area contributed by atoms with E-state index in [9.17, 15) is 13.2 Å². The highest BCUT2D eigenvalue weighted by Crippen LogP contribution is 2.24. The highest BCUT2D eigenvalue weighted by Gasteiger charge is 2.35. The van der Waals surface area contributed by atoms with Crippen molar-refractivity contribution in [2.45, 2.75) is 46.2 Å². The SMILES string of the molecule is CCCN(C(=O)c1cc(C)n(Cc2cccs2)c1C)C1CCS(=O)(=O)C1. The van der Waals surface area contributed by atoms with E-state index in [0.29, 0.717) is 18.5 Å². The summed E-state index contributed by atoms with van der Waals surface area (Å²) < 4.78 is 25.9. The van der Waals surface area contributed by atoms with Crippen LogP contribution in [-0.4, -0.2) is 47.9 Å². The van der Waals surface area contributed by atoms with Crippen molar-refractivity contribution in [2.75, 3.05) is 18.1 Å². The first-order valence-electron chi connectivity index (χ1n) is 9.03. The van der Waals surface area contributed by atoms with E-state index in [2.05, 4.69) is 16.0 Å². The largest absolute Gasteiger partial charge is 0.343 e. The van der Waals surface area contributed by atoms with E-state index in [0.717, 1.165) is 24.4 Å². The zero-order chi connectivity index (χ0) is 18.9. The molecule has 2 aromatic rings. The van der Waals surface area contributed by atoms with Crippen LogP contribution in [0.4, 0.5) is 0 Å². The number of hydrogen-bond donors (Lipinski definition) is 0. The zero-order valence-corrected chi connectivity index (χ0v) is 17.2. The molecular formula is C19H26N2O3S2. The summed E-state index contributed by atoms with van der Waals surface area (Å²) in [6.07, 6.45) is 1.36. The van der Waals surface area contributed by atoms with E-state index in [1.54, 1.807) is 16.2 Å². The lowest BCUT2D eigenvalue weighted by Crippen LogP contribution is -2.41. The number of carbonyl (C=O) groups is 1. The van der Waals surface area contributed by atoms with Crippen LogP contribution in [0.25, 0.3) is 0 Å². The molecule has 0 N–H and O–H groups in total. The van der Waals surface area contributed by atoms with Gasteiger partial charge in [-0.3, -0.25) is 4.79 Å². The number of carbonyl (C=O) groups excluding carboxylic acids is 1. The van der Waals surface area contributed by atoms with Crippen LogP contribution in [0.5, 0.6) is 0 Å². The summed E-state index contributed by atoms with van der Waals surface area (Å²) in [6.45, 7) is 7.36. The Bertz CT molecular complexity index is 882. The minimum atomic E-state index is -3.02. The molecule has 0 saturated carbocycles. The minimum absolute atomic E-state index is 0.0421. The fourth-order valence-electron chi connectivity index (χ4n) is 3.69. The second kappa shape index (κ2) is 7.56. The molecule has 1 amide bonds. The molecular weight excluding hydrogens is 368 g/mol. The van der Waals surface area contributed by atoms with E-state index < -0.39 is 9.84 Å². The monoisotopic (exact) mass is 394 g/mol. The number of hydrogen-bond acceptors (Lipinski definition) is 4. The van der Waals surface area contributed by atoms with Gasteiger partial charge in [0.25, 0.3) is 5.91 Å². The molecule has 5 nitrogen and oxygen atoms in total. The predicted octanol–water partition coefficient (Wildman–Crippen LogP) is 3.25. The molecule has 142 valence electrons. The molecule has 1 atom stereocenters. The molecule has 7 heteroatoms. The van der Waals surface area contributed by atoms with Crippen molar-refractivity contribution in [2.24, 2.45) is 0 Å². The summed E-state index contributed by atoms with van der Waals surface area (Å²) >= 11 is 1.70. The van der Waals surface area contributed by atoms with Crippen molar-refractivity contribution in [3.8, 4) is 0 Å². The van der Waals surface area contributed by atoms with Gasteiger partial charge < -0.3 is 9.47 Å². The molecule has 1 aliphatic heterocycles. The lowest BCUT2D eigenvalue weighted by atomic mass is 10.1. The number of aryl methyl sites for hydroxylation is 1. The zero-order valence-electron chi connectivity index (χ0n) is 15.6. The quantitative estimate of drug-likeness (QED) is 0.756. The molecule has 26 heavy (non-hydrogen) atoms. The van der Waals surface area contributed by atoms with Gasteiger partial charge in [-0.1, -0.05) is 13.0 Å². The van der Waals surface area contributed by atoms with E-state index in [1.165, 1.54) is 4.88 Å². The molecule has 1 aliphatic rings. The van der Waals surface area contributed by atoms with Gasteiger partial charge in [-0.2, -0.15) is 0 Å². The Morgan fingerprint density at radius 2 is 2.15 bits per heavy atom. The van der Waals surface area contributed by atoms with Gasteiger partial charge in [-0.15, -0.1) is 11.3 Å². The first-order chi connectivity index (χ1) is 12.3. The van der Waals surface area contributed by atoms with Gasteiger partial charge in [0.1, 0.15) is 0 Å². The van der Waals surface area contributed by atoms with Gasteiger partial charge in [0.15, 0.2) is 9.84 Å². The smallest absolute Gasteiger partial charge is 0.255 e. The van der Waals surface area contributed by atoms with Crippen LogP contribution in [0.3, 0.4) is 0 Å². The van der Waals surface area contributed by atoms with Crippen LogP contribution < -0.4 is 0 Å². The van der Waals surface area contributed by atoms with Gasteiger partial charge in [-0.25, -0.2) is 8.42 Å². The Balaban J connectivity index is 1.87. The summed E-state index contributed by atoms with van der Waals surface area (Å²) in [5.41, 5.74) is 2.69. The summed E-state index contributed by atoms with van der Waals surface area (Å²) in [4.78, 5) is 16.3. The van der Waals surface area contributed by atoms with E-state index in [1.807, 2.05) is 32.9 Å². The normalized spacial score (nSPS) is 19.0. The van der Waals surface area contributed by atoms with Crippen molar-refractivity contribution in [1.82, 2.24) is 9.47 Å². The summed E-state index contributed by atoms with van der Waals surface area (Å²) in [6, 6.07) is 5.87. The molecule has 0 aromatic carbocycles. The van der Waals surface area contributed by atoms with E-state index >= 15 is 0 Å². The van der Waals surface area contributed by atoms with Crippen LogP contribution in [-0.2, 0) is 16.4 Å². The highest BCUT2D eigenvalue weighted by molar-refractivity contribution is 7.91. The number of aromatic nitrogens is 1. The molecule has 2 aromatic heterocycles. The fraction of sp³-hybridized carbons (Fsp3) is 0.526. The van der Waals surface area contributed by atoms with Crippen molar-refractivity contribution < 1.29 is 13.2 Å². The molecule has 3 heterocycles. The Morgan fingerprint density at radius 1 is 1.38 bits per heavy atom. The fourth-order valence-corrected chi connectivity index (χ4v) is 6.11. The third-order valence-electron chi connectivity index (χ3n) is 5.07. The lowest BCUT2D eigenvalue weighted by Gasteiger charge is -2.28. The van der Waals surface area contributed by atoms with Gasteiger partial charge in [0, 0.05) is 28.9 Å². The Morgan fingerprint density at radius 3 is 2.73 bits per heavy atom. The molecule has 1 fully saturated rings. The maximum atomic E-state index is 13.2. The van der Waals surface area contributed by atoms with Crippen LogP contribution >= 0.6 is 11.3 Å². The second-order valence-corrected chi connectivity index (χ2v) is 10.3. The molecule has 1 saturated heterocycles. The molecule has 3 rings (SSSR count). The third kappa shape index (κ3) is 3.88. The first-order valence-corrected chi connectivity index (χ1v) is 11.7. The standard InChI is InChI=1S/C19H26N2O3S2/c1-4-8-20(16-7-10-26(23,24)13-16)19(22)18-11-14(2)21(15(18)3)12-17-6-5-9-25-17/h5-6,9,11,16H,4,7-8,10,12-13H2,1-3H3. The second-order valence-electron chi connectivity index (χ2n) is 7.01. The van der Waals surface area contributed by atoms with Crippen LogP contribution in [0.15, 0.2) is 23.6 Å². The summed E-state index contributed by atoms with van der Waals surface area (Å²) in [7, 11) is -3.02. The lowest BCUT2D eigenvalue weighted by molar-refractivity contribution is 0.0696. The van der Waals surface area contributed by atoms with E-state index in [-0.39, 0.29) is 23.5 Å². The average molecular weight is 395 g/mol. The van der Waals surface area contributed by atoms with Crippen LogP contribution in [0.1, 0.15) is 46.4 Å². The Kier molecular flexibility index (Phi) is 5.58. The molecule has 0 aliphatic carbocycles. The van der Waals surface area contributed by atoms with Crippen molar-refractivity contribution in [3.63, 3.8) is 0 Å². The average Bonchev–Trinajstić information content (AvgIpc) is 3.28. The summed E-state index contributed by atoms with van der Waals surface area (Å²) in [5, 5.41) is 2.05. The van der Waals surface area contributed by atoms with Gasteiger partial charge in [0.2, 0.25) is 0 Å². The Labute approximate surface area is 159 Å². The molecule has 0 radical (unpaired) electrons. The summed E-state index contributed by atoms with van der Waals surface area (Å²) in [5.74, 6) is 0.231. The first kappa shape index (κ1) is 19.2. The van der Waals surface area contributed by atoms with Crippen molar-refractivity contribution in [3.05, 3.63) is 45.4 Å². The third-order valence-corrected chi connectivity index (χ3v) is 7.68. The number of thiophene rings is 1. The number of amides is 1. The van der Waals surface area contributed by atoms with Crippen molar-refractivity contribution >= 4 is 27.1 Å². The maximum absolute atomic E-state index is 13.2. The Hall–Kier alpha value is -1.60. The van der Waals surface area contributed by atoms with Crippen LogP contribution in [0, 0.1) is 13.8 Å². The van der Waals surface area contributed by atoms with Gasteiger partial charge >= 0.3 is 0 Å². The topological polar surface area (TPSA) is 59.4 Å². The molecule has 1 unspecified atom stereocenters. The number of nitrogens with zero attached hydrogens (tertiary/aromatic N) is 2. The van der Waals surface area contributed by atoms with Crippen LogP contribution in [0.2, 0.25) is 0 Å².